The number of hydrogen-bond acceptors (Lipinski definition) is 3. The van der Waals surface area contributed by atoms with Crippen LogP contribution in [-0.4, -0.2) is 53.8 Å². The molecule has 1 atom stereocenters. The zero-order valence-corrected chi connectivity index (χ0v) is 14.6. The van der Waals surface area contributed by atoms with Gasteiger partial charge in [-0.25, -0.2) is 8.78 Å². The Labute approximate surface area is 152 Å². The number of carbonyl (C=O) groups excluding carboxylic acids is 2. The average molecular weight is 363 g/mol. The molecule has 2 amide bonds. The third-order valence-corrected chi connectivity index (χ3v) is 4.23. The highest BCUT2D eigenvalue weighted by molar-refractivity contribution is 5.89. The van der Waals surface area contributed by atoms with Gasteiger partial charge in [-0.1, -0.05) is 18.2 Å². The van der Waals surface area contributed by atoms with Crippen LogP contribution in [0.4, 0.5) is 8.78 Å². The van der Waals surface area contributed by atoms with E-state index in [9.17, 15) is 18.4 Å². The summed E-state index contributed by atoms with van der Waals surface area (Å²) in [6, 6.07) is 2.99. The highest BCUT2D eigenvalue weighted by Crippen LogP contribution is 2.17. The molecule has 5 nitrogen and oxygen atoms in total. The monoisotopic (exact) mass is 363 g/mol. The van der Waals surface area contributed by atoms with Gasteiger partial charge in [0.2, 0.25) is 11.8 Å². The molecular weight excluding hydrogens is 340 g/mol. The quantitative estimate of drug-likeness (QED) is 0.718. The van der Waals surface area contributed by atoms with Crippen molar-refractivity contribution in [2.75, 3.05) is 26.2 Å². The molecule has 0 spiro atoms. The van der Waals surface area contributed by atoms with E-state index in [0.717, 1.165) is 12.1 Å². The van der Waals surface area contributed by atoms with Crippen molar-refractivity contribution in [1.82, 2.24) is 15.1 Å². The molecule has 1 aromatic carbocycles. The minimum Gasteiger partial charge on any atom is -0.353 e. The molecule has 1 heterocycles. The maximum Gasteiger partial charge on any atom is 0.237 e. The number of carbonyl (C=O) groups is 2. The van der Waals surface area contributed by atoms with Crippen molar-refractivity contribution in [3.63, 3.8) is 0 Å². The summed E-state index contributed by atoms with van der Waals surface area (Å²) in [6.07, 6.45) is 3.22. The Hall–Kier alpha value is -2.54. The summed E-state index contributed by atoms with van der Waals surface area (Å²) in [5.41, 5.74) is 0.546. The smallest absolute Gasteiger partial charge is 0.237 e. The maximum atomic E-state index is 13.4. The van der Waals surface area contributed by atoms with E-state index in [4.69, 9.17) is 0 Å². The van der Waals surface area contributed by atoms with Crippen LogP contribution in [0.15, 0.2) is 43.5 Å². The van der Waals surface area contributed by atoms with Gasteiger partial charge in [-0.15, -0.1) is 13.2 Å². The van der Waals surface area contributed by atoms with Crippen molar-refractivity contribution < 1.29 is 18.4 Å². The van der Waals surface area contributed by atoms with E-state index in [1.54, 1.807) is 17.1 Å². The molecule has 1 fully saturated rings. The number of piperazine rings is 1. The second-order valence-electron chi connectivity index (χ2n) is 6.11. The first kappa shape index (κ1) is 19.8. The molecule has 7 heteroatoms. The van der Waals surface area contributed by atoms with Gasteiger partial charge in [0.15, 0.2) is 11.6 Å². The van der Waals surface area contributed by atoms with Gasteiger partial charge < -0.3 is 10.2 Å². The largest absolute Gasteiger partial charge is 0.353 e. The first-order valence-electron chi connectivity index (χ1n) is 8.41. The molecule has 1 unspecified atom stereocenters. The van der Waals surface area contributed by atoms with E-state index in [2.05, 4.69) is 18.5 Å². The number of rotatable bonds is 8. The molecule has 26 heavy (non-hydrogen) atoms. The Bertz CT molecular complexity index is 683. The standard InChI is InChI=1S/C19H23F2N3O2/c1-3-8-23(9-4-2)18(25)12-17-19(26)22-7-10-24(17)13-14-5-6-15(20)16(21)11-14/h3-6,11,17H,1-2,7-10,12-13H2,(H,22,26). The molecular formula is C19H23F2N3O2. The Balaban J connectivity index is 2.12. The first-order valence-corrected chi connectivity index (χ1v) is 8.41. The second-order valence-corrected chi connectivity index (χ2v) is 6.11. The predicted octanol–water partition coefficient (Wildman–Crippen LogP) is 1.86. The molecule has 2 rings (SSSR count). The van der Waals surface area contributed by atoms with Gasteiger partial charge in [0.05, 0.1) is 12.5 Å². The van der Waals surface area contributed by atoms with Gasteiger partial charge in [0.25, 0.3) is 0 Å². The van der Waals surface area contributed by atoms with E-state index in [1.807, 2.05) is 4.90 Å². The molecule has 0 saturated carbocycles. The fourth-order valence-electron chi connectivity index (χ4n) is 2.93. The summed E-state index contributed by atoms with van der Waals surface area (Å²) in [6.45, 7) is 9.20. The topological polar surface area (TPSA) is 52.7 Å². The maximum absolute atomic E-state index is 13.4. The number of hydrogen-bond donors (Lipinski definition) is 1. The van der Waals surface area contributed by atoms with Gasteiger partial charge in [0, 0.05) is 32.7 Å². The number of halogens is 2. The summed E-state index contributed by atoms with van der Waals surface area (Å²) in [7, 11) is 0. The van der Waals surface area contributed by atoms with Gasteiger partial charge >= 0.3 is 0 Å². The van der Waals surface area contributed by atoms with Crippen LogP contribution < -0.4 is 5.32 Å². The van der Waals surface area contributed by atoms with Crippen LogP contribution in [-0.2, 0) is 16.1 Å². The Morgan fingerprint density at radius 1 is 1.27 bits per heavy atom. The molecule has 0 radical (unpaired) electrons. The third-order valence-electron chi connectivity index (χ3n) is 4.23. The van der Waals surface area contributed by atoms with E-state index in [-0.39, 0.29) is 24.8 Å². The van der Waals surface area contributed by atoms with Crippen LogP contribution in [0, 0.1) is 11.6 Å². The summed E-state index contributed by atoms with van der Waals surface area (Å²) >= 11 is 0. The van der Waals surface area contributed by atoms with E-state index in [0.29, 0.717) is 31.7 Å². The van der Waals surface area contributed by atoms with Crippen molar-refractivity contribution >= 4 is 11.8 Å². The van der Waals surface area contributed by atoms with Crippen molar-refractivity contribution in [2.45, 2.75) is 19.0 Å². The van der Waals surface area contributed by atoms with Crippen molar-refractivity contribution in [2.24, 2.45) is 0 Å². The molecule has 0 aromatic heterocycles. The minimum atomic E-state index is -0.931. The van der Waals surface area contributed by atoms with Crippen molar-refractivity contribution in [3.05, 3.63) is 60.7 Å². The van der Waals surface area contributed by atoms with Gasteiger partial charge in [-0.2, -0.15) is 0 Å². The number of nitrogens with zero attached hydrogens (tertiary/aromatic N) is 2. The van der Waals surface area contributed by atoms with Crippen LogP contribution in [0.25, 0.3) is 0 Å². The molecule has 1 aliphatic rings. The lowest BCUT2D eigenvalue weighted by Gasteiger charge is -2.35. The highest BCUT2D eigenvalue weighted by Gasteiger charge is 2.32. The molecule has 1 N–H and O–H groups in total. The van der Waals surface area contributed by atoms with Crippen LogP contribution in [0.5, 0.6) is 0 Å². The Kier molecular flexibility index (Phi) is 7.03. The second kappa shape index (κ2) is 9.24. The Morgan fingerprint density at radius 3 is 2.58 bits per heavy atom. The zero-order chi connectivity index (χ0) is 19.1. The summed E-state index contributed by atoms with van der Waals surface area (Å²) in [4.78, 5) is 28.2. The fraction of sp³-hybridized carbons (Fsp3) is 0.368. The van der Waals surface area contributed by atoms with Gasteiger partial charge in [-0.05, 0) is 17.7 Å². The van der Waals surface area contributed by atoms with E-state index < -0.39 is 17.7 Å². The molecule has 1 aromatic rings. The lowest BCUT2D eigenvalue weighted by molar-refractivity contribution is -0.138. The Morgan fingerprint density at radius 2 is 1.96 bits per heavy atom. The highest BCUT2D eigenvalue weighted by atomic mass is 19.2. The van der Waals surface area contributed by atoms with E-state index >= 15 is 0 Å². The van der Waals surface area contributed by atoms with Gasteiger partial charge in [0.1, 0.15) is 0 Å². The average Bonchev–Trinajstić information content (AvgIpc) is 2.61. The van der Waals surface area contributed by atoms with E-state index in [1.165, 1.54) is 6.07 Å². The molecule has 0 aliphatic carbocycles. The fourth-order valence-corrected chi connectivity index (χ4v) is 2.93. The minimum absolute atomic E-state index is 0.00279. The van der Waals surface area contributed by atoms with Crippen LogP contribution in [0.2, 0.25) is 0 Å². The van der Waals surface area contributed by atoms with Gasteiger partial charge in [-0.3, -0.25) is 14.5 Å². The molecule has 1 saturated heterocycles. The molecule has 1 aliphatic heterocycles. The SMILES string of the molecule is C=CCN(CC=C)C(=O)CC1C(=O)NCCN1Cc1ccc(F)c(F)c1. The lowest BCUT2D eigenvalue weighted by Crippen LogP contribution is -2.56. The first-order chi connectivity index (χ1) is 12.5. The summed E-state index contributed by atoms with van der Waals surface area (Å²) in [5.74, 6) is -2.28. The molecule has 0 bridgehead atoms. The summed E-state index contributed by atoms with van der Waals surface area (Å²) in [5, 5.41) is 2.75. The third kappa shape index (κ3) is 4.98. The predicted molar refractivity (Wildman–Crippen MR) is 95.2 cm³/mol. The van der Waals surface area contributed by atoms with Crippen LogP contribution in [0.3, 0.4) is 0 Å². The molecule has 140 valence electrons. The van der Waals surface area contributed by atoms with Crippen LogP contribution in [0.1, 0.15) is 12.0 Å². The van der Waals surface area contributed by atoms with Crippen molar-refractivity contribution in [1.29, 1.82) is 0 Å². The number of nitrogens with one attached hydrogen (secondary N) is 1. The summed E-state index contributed by atoms with van der Waals surface area (Å²) < 4.78 is 26.5. The van der Waals surface area contributed by atoms with Crippen LogP contribution >= 0.6 is 0 Å². The zero-order valence-electron chi connectivity index (χ0n) is 14.6. The van der Waals surface area contributed by atoms with Crippen molar-refractivity contribution in [3.8, 4) is 0 Å². The number of amides is 2. The number of benzene rings is 1. The lowest BCUT2D eigenvalue weighted by atomic mass is 10.1. The normalized spacial score (nSPS) is 17.5.